The van der Waals surface area contributed by atoms with Crippen LogP contribution in [0, 0.1) is 0 Å². The second-order valence-corrected chi connectivity index (χ2v) is 3.34. The summed E-state index contributed by atoms with van der Waals surface area (Å²) >= 11 is 0. The molecule has 100 valence electrons. The van der Waals surface area contributed by atoms with Crippen LogP contribution in [-0.2, 0) is 14.4 Å². The van der Waals surface area contributed by atoms with Crippen LogP contribution in [-0.4, -0.2) is 43.8 Å². The van der Waals surface area contributed by atoms with Crippen molar-refractivity contribution in [3.8, 4) is 0 Å². The third kappa shape index (κ3) is 8.38. The molecule has 6 heteroatoms. The molecule has 0 unspecified atom stereocenters. The molecule has 1 saturated heterocycles. The van der Waals surface area contributed by atoms with E-state index < -0.39 is 0 Å². The van der Waals surface area contributed by atoms with E-state index in [1.165, 1.54) is 0 Å². The second-order valence-electron chi connectivity index (χ2n) is 3.34. The fourth-order valence-corrected chi connectivity index (χ4v) is 1.22. The van der Waals surface area contributed by atoms with Crippen LogP contribution < -0.4 is 16.0 Å². The van der Waals surface area contributed by atoms with E-state index in [1.54, 1.807) is 0 Å². The minimum Gasteiger partial charge on any atom is -0.355 e. The van der Waals surface area contributed by atoms with Gasteiger partial charge in [-0.15, -0.1) is 0 Å². The number of ketones is 1. The quantitative estimate of drug-likeness (QED) is 0.534. The second kappa shape index (κ2) is 9.77. The van der Waals surface area contributed by atoms with Crippen LogP contribution in [0.2, 0.25) is 0 Å². The van der Waals surface area contributed by atoms with E-state index in [-0.39, 0.29) is 45.5 Å². The number of carbonyl (C=O) groups excluding carboxylic acids is 3. The lowest BCUT2D eigenvalue weighted by Gasteiger charge is -2.09. The van der Waals surface area contributed by atoms with E-state index in [1.807, 2.05) is 0 Å². The third-order valence-corrected chi connectivity index (χ3v) is 2.02. The van der Waals surface area contributed by atoms with Crippen LogP contribution >= 0.6 is 0 Å². The Bertz CT molecular complexity index is 206. The molecular weight excluding hydrogens is 222 g/mol. The molecule has 1 aliphatic rings. The molecule has 0 aromatic heterocycles. The Labute approximate surface area is 103 Å². The predicted octanol–water partition coefficient (Wildman–Crippen LogP) is -0.556. The Morgan fingerprint density at radius 1 is 0.765 bits per heavy atom. The molecule has 0 saturated carbocycles. The highest BCUT2D eigenvalue weighted by molar-refractivity contribution is 5.83. The van der Waals surface area contributed by atoms with Crippen molar-refractivity contribution in [1.29, 1.82) is 0 Å². The Morgan fingerprint density at radius 2 is 1.18 bits per heavy atom. The summed E-state index contributed by atoms with van der Waals surface area (Å²) in [5, 5.41) is 7.89. The zero-order valence-corrected chi connectivity index (χ0v) is 8.47. The van der Waals surface area contributed by atoms with Crippen molar-refractivity contribution in [2.24, 2.45) is 0 Å². The smallest absolute Gasteiger partial charge is 0.233 e. The molecule has 1 heterocycles. The van der Waals surface area contributed by atoms with Gasteiger partial charge in [-0.3, -0.25) is 19.7 Å². The van der Waals surface area contributed by atoms with Crippen molar-refractivity contribution in [2.45, 2.75) is 27.7 Å². The van der Waals surface area contributed by atoms with E-state index in [9.17, 15) is 14.4 Å². The van der Waals surface area contributed by atoms with Gasteiger partial charge in [0.05, 0.1) is 13.1 Å². The number of amides is 2. The molecule has 0 bridgehead atoms. The maximum Gasteiger partial charge on any atom is 0.233 e. The molecular formula is C11H23N3O3. The zero-order valence-electron chi connectivity index (χ0n) is 8.47. The average molecular weight is 245 g/mol. The number of hydrogen-bond donors (Lipinski definition) is 3. The largest absolute Gasteiger partial charge is 0.355 e. The van der Waals surface area contributed by atoms with Crippen LogP contribution in [0.1, 0.15) is 27.7 Å². The Hall–Kier alpha value is -1.43. The summed E-state index contributed by atoms with van der Waals surface area (Å²) in [6.45, 7) is 0.934. The third-order valence-electron chi connectivity index (χ3n) is 2.02. The van der Waals surface area contributed by atoms with Gasteiger partial charge in [-0.1, -0.05) is 14.9 Å². The molecule has 17 heavy (non-hydrogen) atoms. The Kier molecular flexibility index (Phi) is 10.3. The molecule has 0 radical (unpaired) electrons. The molecule has 0 spiro atoms. The fourth-order valence-electron chi connectivity index (χ4n) is 1.22. The maximum absolute atomic E-state index is 11.2. The molecule has 2 amide bonds. The summed E-state index contributed by atoms with van der Waals surface area (Å²) in [6, 6.07) is 0. The van der Waals surface area contributed by atoms with Crippen molar-refractivity contribution < 1.29 is 14.4 Å². The molecule has 0 aliphatic carbocycles. The number of Topliss-reactive ketones (excluding diaryl/α,β-unsaturated/α-hetero) is 1. The minimum atomic E-state index is -0.198. The van der Waals surface area contributed by atoms with Gasteiger partial charge in [-0.25, -0.2) is 0 Å². The van der Waals surface area contributed by atoms with Crippen molar-refractivity contribution >= 4 is 17.6 Å². The van der Waals surface area contributed by atoms with Gasteiger partial charge in [0.25, 0.3) is 0 Å². The van der Waals surface area contributed by atoms with Crippen LogP contribution in [0.4, 0.5) is 0 Å². The van der Waals surface area contributed by atoms with Crippen LogP contribution in [0.5, 0.6) is 0 Å². The molecule has 0 aromatic rings. The first-order valence-corrected chi connectivity index (χ1v) is 4.94. The van der Waals surface area contributed by atoms with Crippen LogP contribution in [0.25, 0.3) is 0 Å². The number of carbonyl (C=O) groups is 3. The summed E-state index contributed by atoms with van der Waals surface area (Å²) < 4.78 is 0. The van der Waals surface area contributed by atoms with Gasteiger partial charge in [-0.2, -0.15) is 0 Å². The molecule has 6 nitrogen and oxygen atoms in total. The standard InChI is InChI=1S/C9H15N3O3.2CH4/c13-7-1-3-11-8(14)5-10-6-9(15)12-4-2-7;;/h10H,1-6H2,(H,11,14)(H,12,15);2*1H4. The van der Waals surface area contributed by atoms with Gasteiger partial charge in [0.15, 0.2) is 0 Å². The lowest BCUT2D eigenvalue weighted by molar-refractivity contribution is -0.122. The normalized spacial score (nSPS) is 18.5. The highest BCUT2D eigenvalue weighted by atomic mass is 16.2. The van der Waals surface area contributed by atoms with Gasteiger partial charge < -0.3 is 10.6 Å². The van der Waals surface area contributed by atoms with E-state index >= 15 is 0 Å². The topological polar surface area (TPSA) is 87.3 Å². The van der Waals surface area contributed by atoms with Crippen LogP contribution in [0.15, 0.2) is 0 Å². The van der Waals surface area contributed by atoms with Crippen molar-refractivity contribution in [3.63, 3.8) is 0 Å². The lowest BCUT2D eigenvalue weighted by Crippen LogP contribution is -2.41. The van der Waals surface area contributed by atoms with Crippen LogP contribution in [0.3, 0.4) is 0 Å². The van der Waals surface area contributed by atoms with Gasteiger partial charge in [0.1, 0.15) is 5.78 Å². The Morgan fingerprint density at radius 3 is 1.59 bits per heavy atom. The first-order valence-electron chi connectivity index (χ1n) is 4.94. The molecule has 1 aliphatic heterocycles. The molecule has 0 atom stereocenters. The summed E-state index contributed by atoms with van der Waals surface area (Å²) in [5.74, 6) is -0.350. The number of hydrogen-bond acceptors (Lipinski definition) is 4. The lowest BCUT2D eigenvalue weighted by atomic mass is 10.2. The number of nitrogens with one attached hydrogen (secondary N) is 3. The van der Waals surface area contributed by atoms with E-state index in [0.29, 0.717) is 25.9 Å². The SMILES string of the molecule is C.C.O=C1CCNC(=O)CNCC(=O)NCC1. The average Bonchev–Trinajstić information content (AvgIpc) is 2.16. The minimum absolute atomic E-state index is 0. The fraction of sp³-hybridized carbons (Fsp3) is 0.727. The van der Waals surface area contributed by atoms with Gasteiger partial charge in [0.2, 0.25) is 11.8 Å². The first kappa shape index (κ1) is 17.9. The van der Waals surface area contributed by atoms with Crippen molar-refractivity contribution in [3.05, 3.63) is 0 Å². The highest BCUT2D eigenvalue weighted by Crippen LogP contribution is 1.88. The van der Waals surface area contributed by atoms with Gasteiger partial charge in [0, 0.05) is 25.9 Å². The predicted molar refractivity (Wildman–Crippen MR) is 66.6 cm³/mol. The zero-order chi connectivity index (χ0) is 11.1. The van der Waals surface area contributed by atoms with Crippen molar-refractivity contribution in [2.75, 3.05) is 26.2 Å². The van der Waals surface area contributed by atoms with E-state index in [0.717, 1.165) is 0 Å². The van der Waals surface area contributed by atoms with Crippen molar-refractivity contribution in [1.82, 2.24) is 16.0 Å². The van der Waals surface area contributed by atoms with Gasteiger partial charge >= 0.3 is 0 Å². The number of rotatable bonds is 0. The van der Waals surface area contributed by atoms with E-state index in [2.05, 4.69) is 16.0 Å². The maximum atomic E-state index is 11.2. The summed E-state index contributed by atoms with van der Waals surface area (Å²) in [4.78, 5) is 33.4. The molecule has 3 N–H and O–H groups in total. The Balaban J connectivity index is 0. The summed E-state index contributed by atoms with van der Waals surface area (Å²) in [5.41, 5.74) is 0. The first-order chi connectivity index (χ1) is 7.18. The van der Waals surface area contributed by atoms with Gasteiger partial charge in [-0.05, 0) is 0 Å². The van der Waals surface area contributed by atoms with E-state index in [4.69, 9.17) is 0 Å². The molecule has 0 aromatic carbocycles. The monoisotopic (exact) mass is 245 g/mol. The summed E-state index contributed by atoms with van der Waals surface area (Å²) in [7, 11) is 0. The molecule has 1 fully saturated rings. The summed E-state index contributed by atoms with van der Waals surface area (Å²) in [6.07, 6.45) is 0.642. The highest BCUT2D eigenvalue weighted by Gasteiger charge is 2.08. The molecule has 1 rings (SSSR count).